The van der Waals surface area contributed by atoms with Crippen LogP contribution in [0.3, 0.4) is 0 Å². The normalized spacial score (nSPS) is 8.00. The molecule has 1 N–H and O–H groups in total. The first-order chi connectivity index (χ1) is 3.41. The van der Waals surface area contributed by atoms with Crippen molar-refractivity contribution >= 4 is 12.0 Å². The van der Waals surface area contributed by atoms with Gasteiger partial charge in [-0.05, 0) is 0 Å². The molecule has 0 aliphatic carbocycles. The molecule has 4 heteroatoms. The summed E-state index contributed by atoms with van der Waals surface area (Å²) >= 11 is 0.678. The van der Waals surface area contributed by atoms with Gasteiger partial charge < -0.3 is 5.11 Å². The van der Waals surface area contributed by atoms with E-state index in [-0.39, 0.29) is 13.2 Å². The van der Waals surface area contributed by atoms with Crippen molar-refractivity contribution in [2.45, 2.75) is 0 Å². The summed E-state index contributed by atoms with van der Waals surface area (Å²) < 4.78 is 4.44. The van der Waals surface area contributed by atoms with Gasteiger partial charge in [-0.2, -0.15) is 5.26 Å². The Morgan fingerprint density at radius 3 is 3.00 bits per heavy atom. The molecule has 0 radical (unpaired) electrons. The third kappa shape index (κ3) is 5.76. The predicted octanol–water partition coefficient (Wildman–Crippen LogP) is 0.125. The van der Waals surface area contributed by atoms with E-state index in [2.05, 4.69) is 4.18 Å². The largest absolute Gasteiger partial charge is 0.394 e. The Kier molecular flexibility index (Phi) is 5.56. The molecule has 0 saturated carbocycles. The SMILES string of the molecule is N#CSOCCO. The Morgan fingerprint density at radius 2 is 2.57 bits per heavy atom. The molecule has 0 spiro atoms. The molecule has 0 saturated heterocycles. The molecule has 3 nitrogen and oxygen atoms in total. The summed E-state index contributed by atoms with van der Waals surface area (Å²) in [6.07, 6.45) is 0. The number of aliphatic hydroxyl groups excluding tert-OH is 1. The second kappa shape index (κ2) is 5.76. The zero-order valence-corrected chi connectivity index (χ0v) is 4.44. The van der Waals surface area contributed by atoms with Crippen molar-refractivity contribution in [3.63, 3.8) is 0 Å². The number of nitriles is 1. The van der Waals surface area contributed by atoms with Gasteiger partial charge in [0.25, 0.3) is 0 Å². The molecule has 0 aliphatic heterocycles. The van der Waals surface area contributed by atoms with Gasteiger partial charge in [0.2, 0.25) is 0 Å². The summed E-state index contributed by atoms with van der Waals surface area (Å²) in [5.41, 5.74) is 0. The molecule has 0 aromatic carbocycles. The van der Waals surface area contributed by atoms with Gasteiger partial charge >= 0.3 is 0 Å². The molecule has 0 aromatic rings. The van der Waals surface area contributed by atoms with E-state index in [0.29, 0.717) is 12.0 Å². The highest BCUT2D eigenvalue weighted by Gasteiger charge is 1.80. The minimum atomic E-state index is -0.0331. The zero-order chi connectivity index (χ0) is 5.54. The third-order valence-electron chi connectivity index (χ3n) is 0.271. The van der Waals surface area contributed by atoms with Crippen molar-refractivity contribution < 1.29 is 9.29 Å². The van der Waals surface area contributed by atoms with Crippen LogP contribution >= 0.6 is 12.0 Å². The number of aliphatic hydroxyl groups is 1. The van der Waals surface area contributed by atoms with Crippen LogP contribution in [0.4, 0.5) is 0 Å². The fourth-order valence-corrected chi connectivity index (χ4v) is 0.316. The number of hydrogen-bond donors (Lipinski definition) is 1. The van der Waals surface area contributed by atoms with E-state index in [1.165, 1.54) is 0 Å². The lowest BCUT2D eigenvalue weighted by Crippen LogP contribution is -1.90. The number of rotatable bonds is 3. The van der Waals surface area contributed by atoms with Crippen molar-refractivity contribution in [3.05, 3.63) is 0 Å². The molecule has 0 atom stereocenters. The minimum absolute atomic E-state index is 0.0331. The van der Waals surface area contributed by atoms with Gasteiger partial charge in [-0.3, -0.25) is 4.18 Å². The van der Waals surface area contributed by atoms with Crippen LogP contribution in [0.1, 0.15) is 0 Å². The lowest BCUT2D eigenvalue weighted by atomic mass is 10.8. The second-order valence-corrected chi connectivity index (χ2v) is 1.31. The first kappa shape index (κ1) is 6.76. The number of thiocyanates is 1. The summed E-state index contributed by atoms with van der Waals surface area (Å²) in [5, 5.41) is 17.5. The molecule has 0 aromatic heterocycles. The van der Waals surface area contributed by atoms with Crippen LogP contribution in [-0.2, 0) is 4.18 Å². The van der Waals surface area contributed by atoms with Crippen molar-refractivity contribution in [1.82, 2.24) is 0 Å². The smallest absolute Gasteiger partial charge is 0.163 e. The summed E-state index contributed by atoms with van der Waals surface area (Å²) in [5.74, 6) is 0. The first-order valence-electron chi connectivity index (χ1n) is 1.70. The van der Waals surface area contributed by atoms with E-state index in [0.717, 1.165) is 0 Å². The highest BCUT2D eigenvalue weighted by Crippen LogP contribution is 1.95. The molecule has 0 bridgehead atoms. The van der Waals surface area contributed by atoms with E-state index in [1.807, 2.05) is 0 Å². The van der Waals surface area contributed by atoms with Gasteiger partial charge in [0, 0.05) is 0 Å². The average Bonchev–Trinajstić information content (AvgIpc) is 1.69. The Bertz CT molecular complexity index is 69.8. The first-order valence-corrected chi connectivity index (χ1v) is 2.44. The maximum absolute atomic E-state index is 8.05. The second-order valence-electron chi connectivity index (χ2n) is 0.720. The lowest BCUT2D eigenvalue weighted by Gasteiger charge is -1.86. The van der Waals surface area contributed by atoms with Crippen molar-refractivity contribution in [1.29, 1.82) is 5.26 Å². The molecule has 40 valence electrons. The zero-order valence-electron chi connectivity index (χ0n) is 3.63. The standard InChI is InChI=1S/C3H5NO2S/c4-3-7-6-2-1-5/h5H,1-2H2. The molecular formula is C3H5NO2S. The topological polar surface area (TPSA) is 53.2 Å². The van der Waals surface area contributed by atoms with E-state index in [9.17, 15) is 0 Å². The fourth-order valence-electron chi connectivity index (χ4n) is 0.105. The Balaban J connectivity index is 2.60. The summed E-state index contributed by atoms with van der Waals surface area (Å²) in [6, 6.07) is 0. The van der Waals surface area contributed by atoms with Crippen molar-refractivity contribution in [3.8, 4) is 5.40 Å². The molecule has 0 fully saturated rings. The van der Waals surface area contributed by atoms with E-state index in [1.54, 1.807) is 5.40 Å². The minimum Gasteiger partial charge on any atom is -0.394 e. The van der Waals surface area contributed by atoms with Crippen LogP contribution < -0.4 is 0 Å². The van der Waals surface area contributed by atoms with Gasteiger partial charge in [0.15, 0.2) is 5.40 Å². The maximum atomic E-state index is 8.05. The average molecular weight is 119 g/mol. The number of hydrogen-bond acceptors (Lipinski definition) is 4. The van der Waals surface area contributed by atoms with Crippen LogP contribution in [0.2, 0.25) is 0 Å². The highest BCUT2D eigenvalue weighted by atomic mass is 32.2. The molecule has 0 unspecified atom stereocenters. The van der Waals surface area contributed by atoms with Gasteiger partial charge in [0.05, 0.1) is 13.2 Å². The fraction of sp³-hybridized carbons (Fsp3) is 0.667. The molecule has 0 aliphatic rings. The van der Waals surface area contributed by atoms with Crippen LogP contribution in [0, 0.1) is 10.7 Å². The molecule has 0 amide bonds. The highest BCUT2D eigenvalue weighted by molar-refractivity contribution is 7.99. The molecule has 0 rings (SSSR count). The van der Waals surface area contributed by atoms with Gasteiger partial charge in [-0.25, -0.2) is 0 Å². The maximum Gasteiger partial charge on any atom is 0.163 e. The summed E-state index contributed by atoms with van der Waals surface area (Å²) in [7, 11) is 0. The van der Waals surface area contributed by atoms with Crippen LogP contribution in [0.15, 0.2) is 0 Å². The lowest BCUT2D eigenvalue weighted by molar-refractivity contribution is 0.222. The summed E-state index contributed by atoms with van der Waals surface area (Å²) in [6.45, 7) is 0.187. The van der Waals surface area contributed by atoms with Gasteiger partial charge in [-0.15, -0.1) is 0 Å². The molecular weight excluding hydrogens is 114 g/mol. The van der Waals surface area contributed by atoms with Crippen molar-refractivity contribution in [2.24, 2.45) is 0 Å². The Labute approximate surface area is 46.1 Å². The molecule has 7 heavy (non-hydrogen) atoms. The van der Waals surface area contributed by atoms with Crippen LogP contribution in [0.25, 0.3) is 0 Å². The monoisotopic (exact) mass is 119 g/mol. The predicted molar refractivity (Wildman–Crippen MR) is 26.2 cm³/mol. The van der Waals surface area contributed by atoms with E-state index < -0.39 is 0 Å². The van der Waals surface area contributed by atoms with Gasteiger partial charge in [-0.1, -0.05) is 0 Å². The van der Waals surface area contributed by atoms with E-state index >= 15 is 0 Å². The Hall–Kier alpha value is -0.240. The number of nitrogens with zero attached hydrogens (tertiary/aromatic N) is 1. The van der Waals surface area contributed by atoms with Crippen LogP contribution in [-0.4, -0.2) is 18.3 Å². The Morgan fingerprint density at radius 1 is 1.86 bits per heavy atom. The van der Waals surface area contributed by atoms with E-state index in [4.69, 9.17) is 10.4 Å². The van der Waals surface area contributed by atoms with Crippen LogP contribution in [0.5, 0.6) is 0 Å². The molecule has 0 heterocycles. The third-order valence-corrected chi connectivity index (χ3v) is 0.630. The van der Waals surface area contributed by atoms with Crippen molar-refractivity contribution in [2.75, 3.05) is 13.2 Å². The van der Waals surface area contributed by atoms with Gasteiger partial charge in [0.1, 0.15) is 12.0 Å². The quantitative estimate of drug-likeness (QED) is 0.326. The summed E-state index contributed by atoms with van der Waals surface area (Å²) in [4.78, 5) is 0.